The van der Waals surface area contributed by atoms with Gasteiger partial charge in [0.25, 0.3) is 5.91 Å². The van der Waals surface area contributed by atoms with Crippen LogP contribution in [0.4, 0.5) is 0 Å². The second kappa shape index (κ2) is 7.41. The Morgan fingerprint density at radius 1 is 1.24 bits per heavy atom. The Morgan fingerprint density at radius 2 is 2.04 bits per heavy atom. The standard InChI is InChI=1S/C19H16N4O2/c1-13-17(23-19(25-13)14-5-3-2-4-6-14)9-10-21-18(24)15-7-8-16(11-20)22-12-15/h2-8,12H,9-10H2,1H3,(H,21,24). The molecule has 3 aromatic rings. The van der Waals surface area contributed by atoms with Crippen LogP contribution in [0.25, 0.3) is 11.5 Å². The van der Waals surface area contributed by atoms with Gasteiger partial charge in [-0.05, 0) is 31.2 Å². The Kier molecular flexibility index (Phi) is 4.86. The quantitative estimate of drug-likeness (QED) is 0.775. The molecule has 0 aliphatic rings. The molecular formula is C19H16N4O2. The SMILES string of the molecule is Cc1oc(-c2ccccc2)nc1CCNC(=O)c1ccc(C#N)nc1. The van der Waals surface area contributed by atoms with Crippen molar-refractivity contribution in [2.45, 2.75) is 13.3 Å². The highest BCUT2D eigenvalue weighted by molar-refractivity contribution is 5.93. The number of oxazole rings is 1. The predicted octanol–water partition coefficient (Wildman–Crippen LogP) is 2.89. The van der Waals surface area contributed by atoms with Crippen LogP contribution in [0.15, 0.2) is 53.1 Å². The van der Waals surface area contributed by atoms with Crippen molar-refractivity contribution < 1.29 is 9.21 Å². The molecule has 0 radical (unpaired) electrons. The maximum Gasteiger partial charge on any atom is 0.252 e. The number of hydrogen-bond donors (Lipinski definition) is 1. The van der Waals surface area contributed by atoms with Crippen LogP contribution in [0.2, 0.25) is 0 Å². The van der Waals surface area contributed by atoms with Crippen LogP contribution in [-0.4, -0.2) is 22.4 Å². The fourth-order valence-electron chi connectivity index (χ4n) is 2.35. The minimum atomic E-state index is -0.235. The molecule has 0 aliphatic heterocycles. The molecule has 0 spiro atoms. The number of aryl methyl sites for hydroxylation is 1. The van der Waals surface area contributed by atoms with Gasteiger partial charge in [-0.15, -0.1) is 0 Å². The molecule has 6 heteroatoms. The lowest BCUT2D eigenvalue weighted by atomic mass is 10.2. The van der Waals surface area contributed by atoms with Gasteiger partial charge in [0, 0.05) is 24.7 Å². The third-order valence-corrected chi connectivity index (χ3v) is 3.70. The average molecular weight is 332 g/mol. The summed E-state index contributed by atoms with van der Waals surface area (Å²) in [6.07, 6.45) is 1.96. The van der Waals surface area contributed by atoms with Crippen molar-refractivity contribution in [2.24, 2.45) is 0 Å². The first kappa shape index (κ1) is 16.4. The molecule has 3 rings (SSSR count). The van der Waals surface area contributed by atoms with Gasteiger partial charge in [0.15, 0.2) is 0 Å². The molecule has 0 atom stereocenters. The molecule has 0 bridgehead atoms. The summed E-state index contributed by atoms with van der Waals surface area (Å²) < 4.78 is 5.70. The number of amides is 1. The lowest BCUT2D eigenvalue weighted by Crippen LogP contribution is -2.26. The Hall–Kier alpha value is -3.46. The molecular weight excluding hydrogens is 316 g/mol. The summed E-state index contributed by atoms with van der Waals surface area (Å²) in [5, 5.41) is 11.5. The van der Waals surface area contributed by atoms with Crippen molar-refractivity contribution in [3.8, 4) is 17.5 Å². The second-order valence-electron chi connectivity index (χ2n) is 5.44. The summed E-state index contributed by atoms with van der Waals surface area (Å²) >= 11 is 0. The highest BCUT2D eigenvalue weighted by Crippen LogP contribution is 2.21. The first-order valence-electron chi connectivity index (χ1n) is 7.83. The van der Waals surface area contributed by atoms with Gasteiger partial charge in [0.1, 0.15) is 17.5 Å². The molecule has 2 heterocycles. The van der Waals surface area contributed by atoms with Crippen molar-refractivity contribution in [1.29, 1.82) is 5.26 Å². The highest BCUT2D eigenvalue weighted by atomic mass is 16.4. The number of hydrogen-bond acceptors (Lipinski definition) is 5. The second-order valence-corrected chi connectivity index (χ2v) is 5.44. The lowest BCUT2D eigenvalue weighted by molar-refractivity contribution is 0.0953. The molecule has 0 unspecified atom stereocenters. The van der Waals surface area contributed by atoms with Crippen molar-refractivity contribution in [1.82, 2.24) is 15.3 Å². The maximum atomic E-state index is 12.1. The minimum absolute atomic E-state index is 0.235. The zero-order valence-corrected chi connectivity index (χ0v) is 13.7. The lowest BCUT2D eigenvalue weighted by Gasteiger charge is -2.03. The van der Waals surface area contributed by atoms with E-state index in [9.17, 15) is 4.79 Å². The fraction of sp³-hybridized carbons (Fsp3) is 0.158. The molecule has 1 N–H and O–H groups in total. The number of nitrogens with zero attached hydrogens (tertiary/aromatic N) is 3. The van der Waals surface area contributed by atoms with Crippen LogP contribution in [0.1, 0.15) is 27.5 Å². The monoisotopic (exact) mass is 332 g/mol. The van der Waals surface area contributed by atoms with Gasteiger partial charge in [-0.2, -0.15) is 5.26 Å². The van der Waals surface area contributed by atoms with Crippen LogP contribution in [-0.2, 0) is 6.42 Å². The van der Waals surface area contributed by atoms with E-state index in [0.717, 1.165) is 17.0 Å². The molecule has 6 nitrogen and oxygen atoms in total. The number of pyridine rings is 1. The predicted molar refractivity (Wildman–Crippen MR) is 91.7 cm³/mol. The summed E-state index contributed by atoms with van der Waals surface area (Å²) in [6, 6.07) is 14.7. The number of nitriles is 1. The number of nitrogens with one attached hydrogen (secondary N) is 1. The molecule has 25 heavy (non-hydrogen) atoms. The van der Waals surface area contributed by atoms with Gasteiger partial charge in [-0.1, -0.05) is 18.2 Å². The van der Waals surface area contributed by atoms with Gasteiger partial charge in [-0.3, -0.25) is 4.79 Å². The maximum absolute atomic E-state index is 12.1. The molecule has 0 fully saturated rings. The molecule has 1 amide bonds. The molecule has 2 aromatic heterocycles. The van der Waals surface area contributed by atoms with Crippen LogP contribution < -0.4 is 5.32 Å². The van der Waals surface area contributed by atoms with Crippen molar-refractivity contribution in [3.05, 3.63) is 71.4 Å². The Labute approximate surface area is 145 Å². The third kappa shape index (κ3) is 3.90. The number of aromatic nitrogens is 2. The van der Waals surface area contributed by atoms with E-state index in [0.29, 0.717) is 24.4 Å². The van der Waals surface area contributed by atoms with E-state index in [-0.39, 0.29) is 11.6 Å². The topological polar surface area (TPSA) is 91.8 Å². The van der Waals surface area contributed by atoms with E-state index in [1.165, 1.54) is 12.3 Å². The molecule has 0 saturated carbocycles. The molecule has 124 valence electrons. The Morgan fingerprint density at radius 3 is 2.72 bits per heavy atom. The molecule has 0 saturated heterocycles. The van der Waals surface area contributed by atoms with Crippen LogP contribution in [0.5, 0.6) is 0 Å². The van der Waals surface area contributed by atoms with Crippen molar-refractivity contribution in [3.63, 3.8) is 0 Å². The number of carbonyl (C=O) groups is 1. The van der Waals surface area contributed by atoms with E-state index in [4.69, 9.17) is 9.68 Å². The van der Waals surface area contributed by atoms with E-state index in [1.807, 2.05) is 43.3 Å². The number of rotatable bonds is 5. The Balaban J connectivity index is 1.59. The summed E-state index contributed by atoms with van der Waals surface area (Å²) in [7, 11) is 0. The summed E-state index contributed by atoms with van der Waals surface area (Å²) in [5.74, 6) is 1.09. The van der Waals surface area contributed by atoms with Crippen molar-refractivity contribution in [2.75, 3.05) is 6.54 Å². The van der Waals surface area contributed by atoms with Crippen LogP contribution in [0.3, 0.4) is 0 Å². The first-order valence-corrected chi connectivity index (χ1v) is 7.83. The highest BCUT2D eigenvalue weighted by Gasteiger charge is 2.12. The Bertz CT molecular complexity index is 909. The first-order chi connectivity index (χ1) is 12.2. The van der Waals surface area contributed by atoms with Gasteiger partial charge in [0.2, 0.25) is 5.89 Å². The van der Waals surface area contributed by atoms with Crippen molar-refractivity contribution >= 4 is 5.91 Å². The largest absolute Gasteiger partial charge is 0.441 e. The smallest absolute Gasteiger partial charge is 0.252 e. The molecule has 1 aromatic carbocycles. The minimum Gasteiger partial charge on any atom is -0.441 e. The zero-order chi connectivity index (χ0) is 17.6. The number of carbonyl (C=O) groups excluding carboxylic acids is 1. The van der Waals surface area contributed by atoms with E-state index in [1.54, 1.807) is 6.07 Å². The summed E-state index contributed by atoms with van der Waals surface area (Å²) in [5.41, 5.74) is 2.44. The van der Waals surface area contributed by atoms with E-state index in [2.05, 4.69) is 15.3 Å². The summed E-state index contributed by atoms with van der Waals surface area (Å²) in [4.78, 5) is 20.5. The van der Waals surface area contributed by atoms with Gasteiger partial charge in [0.05, 0.1) is 11.3 Å². The van der Waals surface area contributed by atoms with Gasteiger partial charge < -0.3 is 9.73 Å². The van der Waals surface area contributed by atoms with Gasteiger partial charge in [-0.25, -0.2) is 9.97 Å². The van der Waals surface area contributed by atoms with Gasteiger partial charge >= 0.3 is 0 Å². The average Bonchev–Trinajstić information content (AvgIpc) is 3.03. The summed E-state index contributed by atoms with van der Waals surface area (Å²) in [6.45, 7) is 2.29. The fourth-order valence-corrected chi connectivity index (χ4v) is 2.35. The third-order valence-electron chi connectivity index (χ3n) is 3.70. The van der Waals surface area contributed by atoms with E-state index >= 15 is 0 Å². The zero-order valence-electron chi connectivity index (χ0n) is 13.7. The molecule has 0 aliphatic carbocycles. The van der Waals surface area contributed by atoms with Crippen LogP contribution in [0, 0.1) is 18.3 Å². The number of benzene rings is 1. The van der Waals surface area contributed by atoms with E-state index < -0.39 is 0 Å². The normalized spacial score (nSPS) is 10.2. The van der Waals surface area contributed by atoms with Crippen LogP contribution >= 0.6 is 0 Å².